The minimum atomic E-state index is -0.650. The minimum absolute atomic E-state index is 0.0607. The highest BCUT2D eigenvalue weighted by molar-refractivity contribution is 5.71. The molecule has 0 saturated carbocycles. The first kappa shape index (κ1) is 14.5. The van der Waals surface area contributed by atoms with E-state index in [2.05, 4.69) is 34.6 Å². The number of rotatable bonds is 6. The van der Waals surface area contributed by atoms with Crippen molar-refractivity contribution in [3.63, 3.8) is 0 Å². The van der Waals surface area contributed by atoms with Gasteiger partial charge in [0.1, 0.15) is 0 Å². The fraction of sp³-hybridized carbons (Fsp3) is 0.923. The largest absolute Gasteiger partial charge is 0.481 e. The van der Waals surface area contributed by atoms with Crippen molar-refractivity contribution in [2.24, 2.45) is 16.7 Å². The molecule has 15 heavy (non-hydrogen) atoms. The summed E-state index contributed by atoms with van der Waals surface area (Å²) >= 11 is 0. The summed E-state index contributed by atoms with van der Waals surface area (Å²) in [6, 6.07) is 0. The summed E-state index contributed by atoms with van der Waals surface area (Å²) in [6.45, 7) is 12.7. The molecule has 0 rings (SSSR count). The van der Waals surface area contributed by atoms with Crippen LogP contribution >= 0.6 is 0 Å². The molecule has 90 valence electrons. The summed E-state index contributed by atoms with van der Waals surface area (Å²) in [6.07, 6.45) is 2.71. The minimum Gasteiger partial charge on any atom is -0.481 e. The summed E-state index contributed by atoms with van der Waals surface area (Å²) in [5.41, 5.74) is -0.102. The molecule has 0 aromatic heterocycles. The second kappa shape index (κ2) is 5.00. The fourth-order valence-electron chi connectivity index (χ4n) is 2.01. The highest BCUT2D eigenvalue weighted by Crippen LogP contribution is 2.48. The number of hydrogen-bond donors (Lipinski definition) is 1. The molecule has 0 spiro atoms. The van der Waals surface area contributed by atoms with E-state index in [4.69, 9.17) is 0 Å². The van der Waals surface area contributed by atoms with Crippen LogP contribution in [0.4, 0.5) is 0 Å². The van der Waals surface area contributed by atoms with Crippen LogP contribution in [0.1, 0.15) is 60.8 Å². The second-order valence-corrected chi connectivity index (χ2v) is 5.64. The van der Waals surface area contributed by atoms with Crippen LogP contribution in [0.3, 0.4) is 0 Å². The zero-order chi connectivity index (χ0) is 12.3. The van der Waals surface area contributed by atoms with Gasteiger partial charge in [0.15, 0.2) is 0 Å². The molecular weight excluding hydrogens is 188 g/mol. The van der Waals surface area contributed by atoms with Gasteiger partial charge in [-0.1, -0.05) is 54.4 Å². The molecule has 1 unspecified atom stereocenters. The van der Waals surface area contributed by atoms with E-state index >= 15 is 0 Å². The van der Waals surface area contributed by atoms with E-state index in [0.717, 1.165) is 19.3 Å². The Kier molecular flexibility index (Phi) is 4.82. The smallest absolute Gasteiger partial charge is 0.307 e. The van der Waals surface area contributed by atoms with Crippen molar-refractivity contribution in [3.8, 4) is 0 Å². The molecule has 0 aliphatic carbocycles. The van der Waals surface area contributed by atoms with Gasteiger partial charge in [0.25, 0.3) is 0 Å². The van der Waals surface area contributed by atoms with E-state index in [1.807, 2.05) is 6.92 Å². The third-order valence-corrected chi connectivity index (χ3v) is 4.37. The van der Waals surface area contributed by atoms with Crippen LogP contribution in [-0.2, 0) is 4.79 Å². The number of carbonyl (C=O) groups is 1. The first-order valence-electron chi connectivity index (χ1n) is 5.93. The van der Waals surface area contributed by atoms with E-state index in [0.29, 0.717) is 0 Å². The van der Waals surface area contributed by atoms with Crippen LogP contribution in [0.2, 0.25) is 0 Å². The predicted octanol–water partition coefficient (Wildman–Crippen LogP) is 3.95. The summed E-state index contributed by atoms with van der Waals surface area (Å²) in [7, 11) is 0. The lowest BCUT2D eigenvalue weighted by molar-refractivity contribution is -0.150. The Bertz CT molecular complexity index is 217. The van der Waals surface area contributed by atoms with Crippen molar-refractivity contribution in [1.29, 1.82) is 0 Å². The molecule has 0 aliphatic heterocycles. The fourth-order valence-corrected chi connectivity index (χ4v) is 2.01. The Morgan fingerprint density at radius 1 is 1.20 bits per heavy atom. The summed E-state index contributed by atoms with van der Waals surface area (Å²) in [4.78, 5) is 11.3. The average Bonchev–Trinajstić information content (AvgIpc) is 2.12. The number of hydrogen-bond acceptors (Lipinski definition) is 1. The van der Waals surface area contributed by atoms with Crippen molar-refractivity contribution in [2.75, 3.05) is 0 Å². The van der Waals surface area contributed by atoms with Gasteiger partial charge in [-0.05, 0) is 17.3 Å². The van der Waals surface area contributed by atoms with Crippen LogP contribution in [-0.4, -0.2) is 11.1 Å². The van der Waals surface area contributed by atoms with Crippen molar-refractivity contribution in [3.05, 3.63) is 0 Å². The van der Waals surface area contributed by atoms with Crippen molar-refractivity contribution < 1.29 is 9.90 Å². The van der Waals surface area contributed by atoms with Crippen LogP contribution in [0.15, 0.2) is 0 Å². The van der Waals surface area contributed by atoms with Crippen LogP contribution in [0, 0.1) is 16.7 Å². The first-order chi connectivity index (χ1) is 6.70. The lowest BCUT2D eigenvalue weighted by Crippen LogP contribution is -2.42. The molecule has 0 radical (unpaired) electrons. The third-order valence-electron chi connectivity index (χ3n) is 4.37. The monoisotopic (exact) mass is 214 g/mol. The van der Waals surface area contributed by atoms with Gasteiger partial charge in [-0.15, -0.1) is 0 Å². The molecule has 0 fully saturated rings. The normalized spacial score (nSPS) is 15.1. The molecule has 1 N–H and O–H groups in total. The maximum Gasteiger partial charge on any atom is 0.307 e. The van der Waals surface area contributed by atoms with Crippen molar-refractivity contribution in [1.82, 2.24) is 0 Å². The zero-order valence-corrected chi connectivity index (χ0v) is 11.1. The summed E-state index contributed by atoms with van der Waals surface area (Å²) < 4.78 is 0. The highest BCUT2D eigenvalue weighted by Gasteiger charge is 2.44. The Morgan fingerprint density at radius 2 is 1.67 bits per heavy atom. The topological polar surface area (TPSA) is 37.3 Å². The van der Waals surface area contributed by atoms with Gasteiger partial charge in [0, 0.05) is 0 Å². The average molecular weight is 214 g/mol. The van der Waals surface area contributed by atoms with E-state index in [1.165, 1.54) is 0 Å². The lowest BCUT2D eigenvalue weighted by atomic mass is 9.59. The van der Waals surface area contributed by atoms with Crippen molar-refractivity contribution >= 4 is 5.97 Å². The lowest BCUT2D eigenvalue weighted by Gasteiger charge is -2.45. The van der Waals surface area contributed by atoms with E-state index < -0.39 is 5.97 Å². The van der Waals surface area contributed by atoms with Gasteiger partial charge >= 0.3 is 5.97 Å². The van der Waals surface area contributed by atoms with Crippen LogP contribution < -0.4 is 0 Å². The number of carboxylic acids is 1. The van der Waals surface area contributed by atoms with Crippen molar-refractivity contribution in [2.45, 2.75) is 60.8 Å². The van der Waals surface area contributed by atoms with Crippen LogP contribution in [0.25, 0.3) is 0 Å². The van der Waals surface area contributed by atoms with Gasteiger partial charge in [0.05, 0.1) is 5.92 Å². The van der Waals surface area contributed by atoms with Gasteiger partial charge in [0.2, 0.25) is 0 Å². The second-order valence-electron chi connectivity index (χ2n) is 5.64. The standard InChI is InChI=1S/C13H26O2/c1-7-9-10(11(14)15)13(5,6)12(3,4)8-2/h10H,7-9H2,1-6H3,(H,14,15). The van der Waals surface area contributed by atoms with E-state index in [1.54, 1.807) is 0 Å². The number of aliphatic carboxylic acids is 1. The quantitative estimate of drug-likeness (QED) is 0.727. The summed E-state index contributed by atoms with van der Waals surface area (Å²) in [5.74, 6) is -0.888. The molecule has 0 saturated heterocycles. The number of carboxylic acid groups (broad SMARTS) is 1. The highest BCUT2D eigenvalue weighted by atomic mass is 16.4. The van der Waals surface area contributed by atoms with E-state index in [9.17, 15) is 9.90 Å². The molecule has 0 amide bonds. The first-order valence-corrected chi connectivity index (χ1v) is 5.93. The predicted molar refractivity (Wildman–Crippen MR) is 63.9 cm³/mol. The zero-order valence-electron chi connectivity index (χ0n) is 11.1. The maximum absolute atomic E-state index is 11.3. The Balaban J connectivity index is 5.02. The Hall–Kier alpha value is -0.530. The van der Waals surface area contributed by atoms with Gasteiger partial charge in [-0.3, -0.25) is 4.79 Å². The molecule has 2 nitrogen and oxygen atoms in total. The Morgan fingerprint density at radius 3 is 1.93 bits per heavy atom. The third kappa shape index (κ3) is 2.96. The van der Waals surface area contributed by atoms with Gasteiger partial charge < -0.3 is 5.11 Å². The molecule has 0 aromatic rings. The van der Waals surface area contributed by atoms with Crippen LogP contribution in [0.5, 0.6) is 0 Å². The molecule has 1 atom stereocenters. The molecule has 0 bridgehead atoms. The molecule has 0 aromatic carbocycles. The molecule has 0 aliphatic rings. The van der Waals surface area contributed by atoms with Gasteiger partial charge in [-0.2, -0.15) is 0 Å². The van der Waals surface area contributed by atoms with E-state index in [-0.39, 0.29) is 16.7 Å². The van der Waals surface area contributed by atoms with Gasteiger partial charge in [-0.25, -0.2) is 0 Å². The molecule has 0 heterocycles. The molecular formula is C13H26O2. The Labute approximate surface area is 94.1 Å². The summed E-state index contributed by atoms with van der Waals surface area (Å²) in [5, 5.41) is 9.30. The molecule has 2 heteroatoms. The maximum atomic E-state index is 11.3. The SMILES string of the molecule is CCCC(C(=O)O)C(C)(C)C(C)(C)CC.